The van der Waals surface area contributed by atoms with Gasteiger partial charge in [0.1, 0.15) is 0 Å². The normalized spacial score (nSPS) is 26.9. The first-order valence-corrected chi connectivity index (χ1v) is 6.09. The van der Waals surface area contributed by atoms with Crippen LogP contribution >= 0.6 is 0 Å². The summed E-state index contributed by atoms with van der Waals surface area (Å²) in [4.78, 5) is 0. The van der Waals surface area contributed by atoms with E-state index in [1.807, 2.05) is 0 Å². The molecule has 2 heteroatoms. The monoisotopic (exact) mass is 219 g/mol. The van der Waals surface area contributed by atoms with E-state index in [1.54, 1.807) is 0 Å². The van der Waals surface area contributed by atoms with Crippen molar-refractivity contribution in [1.29, 1.82) is 0 Å². The minimum atomic E-state index is 0.222. The van der Waals surface area contributed by atoms with Gasteiger partial charge in [-0.25, -0.2) is 0 Å². The van der Waals surface area contributed by atoms with Gasteiger partial charge >= 0.3 is 0 Å². The lowest BCUT2D eigenvalue weighted by molar-refractivity contribution is 0.0995. The fourth-order valence-corrected chi connectivity index (χ4v) is 2.57. The lowest BCUT2D eigenvalue weighted by Gasteiger charge is -2.22. The number of rotatable bonds is 3. The molecule has 0 aromatic heterocycles. The third-order valence-electron chi connectivity index (χ3n) is 3.54. The highest BCUT2D eigenvalue weighted by molar-refractivity contribution is 5.23. The number of hydrogen-bond acceptors (Lipinski definition) is 2. The zero-order valence-corrected chi connectivity index (χ0v) is 10.1. The Hall–Kier alpha value is -0.860. The summed E-state index contributed by atoms with van der Waals surface area (Å²) in [5, 5.41) is 0. The number of ether oxygens (including phenoxy) is 1. The summed E-state index contributed by atoms with van der Waals surface area (Å²) in [6.45, 7) is 5.12. The minimum absolute atomic E-state index is 0.222. The van der Waals surface area contributed by atoms with Crippen LogP contribution in [0, 0.1) is 12.8 Å². The molecule has 0 radical (unpaired) electrons. The topological polar surface area (TPSA) is 35.2 Å². The lowest BCUT2D eigenvalue weighted by atomic mass is 9.89. The molecule has 1 aliphatic rings. The molecule has 3 unspecified atom stereocenters. The number of hydrogen-bond donors (Lipinski definition) is 1. The molecule has 1 fully saturated rings. The molecule has 1 saturated heterocycles. The van der Waals surface area contributed by atoms with E-state index in [0.29, 0.717) is 12.0 Å². The Labute approximate surface area is 97.8 Å². The molecule has 0 spiro atoms. The third-order valence-corrected chi connectivity index (χ3v) is 3.54. The zero-order valence-electron chi connectivity index (χ0n) is 10.1. The molecule has 0 aliphatic carbocycles. The standard InChI is InChI=1S/C14H21NO/c1-10-4-3-5-12(8-10)9-14(15)13-6-7-16-11(13)2/h3-5,8,11,13-14H,6-7,9,15H2,1-2H3. The molecule has 1 heterocycles. The van der Waals surface area contributed by atoms with Crippen molar-refractivity contribution in [2.45, 2.75) is 38.8 Å². The highest BCUT2D eigenvalue weighted by Gasteiger charge is 2.29. The second-order valence-electron chi connectivity index (χ2n) is 4.89. The second kappa shape index (κ2) is 4.98. The molecule has 1 aliphatic heterocycles. The van der Waals surface area contributed by atoms with E-state index in [9.17, 15) is 0 Å². The van der Waals surface area contributed by atoms with E-state index in [2.05, 4.69) is 38.1 Å². The summed E-state index contributed by atoms with van der Waals surface area (Å²) in [5.41, 5.74) is 8.92. The van der Waals surface area contributed by atoms with Crippen LogP contribution in [0.1, 0.15) is 24.5 Å². The van der Waals surface area contributed by atoms with Crippen LogP contribution in [0.5, 0.6) is 0 Å². The quantitative estimate of drug-likeness (QED) is 0.846. The summed E-state index contributed by atoms with van der Waals surface area (Å²) in [7, 11) is 0. The van der Waals surface area contributed by atoms with E-state index in [-0.39, 0.29) is 6.04 Å². The SMILES string of the molecule is Cc1cccc(CC(N)C2CCOC2C)c1. The maximum atomic E-state index is 6.27. The maximum Gasteiger partial charge on any atom is 0.0590 e. The maximum absolute atomic E-state index is 6.27. The Bertz CT molecular complexity index is 350. The molecule has 2 N–H and O–H groups in total. The van der Waals surface area contributed by atoms with Gasteiger partial charge in [0.05, 0.1) is 6.10 Å². The Morgan fingerprint density at radius 2 is 2.31 bits per heavy atom. The summed E-state index contributed by atoms with van der Waals surface area (Å²) in [6, 6.07) is 8.83. The number of aryl methyl sites for hydroxylation is 1. The molecule has 16 heavy (non-hydrogen) atoms. The van der Waals surface area contributed by atoms with Gasteiger partial charge in [-0.2, -0.15) is 0 Å². The molecule has 0 saturated carbocycles. The predicted molar refractivity (Wildman–Crippen MR) is 66.4 cm³/mol. The predicted octanol–water partition coefficient (Wildman–Crippen LogP) is 2.29. The van der Waals surface area contributed by atoms with Crippen LogP contribution < -0.4 is 5.73 Å². The van der Waals surface area contributed by atoms with Crippen molar-refractivity contribution < 1.29 is 4.74 Å². The summed E-state index contributed by atoms with van der Waals surface area (Å²) in [6.07, 6.45) is 2.38. The van der Waals surface area contributed by atoms with Crippen molar-refractivity contribution in [3.8, 4) is 0 Å². The van der Waals surface area contributed by atoms with Gasteiger partial charge in [0.2, 0.25) is 0 Å². The first kappa shape index (κ1) is 11.6. The molecule has 88 valence electrons. The highest BCUT2D eigenvalue weighted by atomic mass is 16.5. The van der Waals surface area contributed by atoms with Crippen molar-refractivity contribution in [3.05, 3.63) is 35.4 Å². The van der Waals surface area contributed by atoms with Gasteiger partial charge in [0, 0.05) is 18.6 Å². The van der Waals surface area contributed by atoms with E-state index in [4.69, 9.17) is 10.5 Å². The summed E-state index contributed by atoms with van der Waals surface area (Å²) >= 11 is 0. The van der Waals surface area contributed by atoms with E-state index >= 15 is 0 Å². The van der Waals surface area contributed by atoms with Crippen LogP contribution in [0.15, 0.2) is 24.3 Å². The van der Waals surface area contributed by atoms with Crippen LogP contribution in [0.4, 0.5) is 0 Å². The largest absolute Gasteiger partial charge is 0.378 e. The fourth-order valence-electron chi connectivity index (χ4n) is 2.57. The van der Waals surface area contributed by atoms with Crippen molar-refractivity contribution >= 4 is 0 Å². The molecule has 1 aromatic rings. The Balaban J connectivity index is 1.99. The van der Waals surface area contributed by atoms with Gasteiger partial charge in [-0.3, -0.25) is 0 Å². The van der Waals surface area contributed by atoms with Crippen molar-refractivity contribution in [2.75, 3.05) is 6.61 Å². The number of nitrogens with two attached hydrogens (primary N) is 1. The average molecular weight is 219 g/mol. The van der Waals surface area contributed by atoms with Crippen molar-refractivity contribution in [1.82, 2.24) is 0 Å². The summed E-state index contributed by atoms with van der Waals surface area (Å²) in [5.74, 6) is 0.514. The Morgan fingerprint density at radius 1 is 1.50 bits per heavy atom. The first-order valence-electron chi connectivity index (χ1n) is 6.09. The molecule has 0 bridgehead atoms. The van der Waals surface area contributed by atoms with Crippen molar-refractivity contribution in [2.24, 2.45) is 11.7 Å². The zero-order chi connectivity index (χ0) is 11.5. The molecule has 2 rings (SSSR count). The van der Waals surface area contributed by atoms with E-state index < -0.39 is 0 Å². The van der Waals surface area contributed by atoms with Crippen molar-refractivity contribution in [3.63, 3.8) is 0 Å². The van der Waals surface area contributed by atoms with Crippen LogP contribution in [-0.2, 0) is 11.2 Å². The van der Waals surface area contributed by atoms with Gasteiger partial charge < -0.3 is 10.5 Å². The Morgan fingerprint density at radius 3 is 2.94 bits per heavy atom. The van der Waals surface area contributed by atoms with Gasteiger partial charge in [-0.15, -0.1) is 0 Å². The van der Waals surface area contributed by atoms with Gasteiger partial charge in [0.25, 0.3) is 0 Å². The van der Waals surface area contributed by atoms with Crippen LogP contribution in [-0.4, -0.2) is 18.8 Å². The molecule has 1 aromatic carbocycles. The highest BCUT2D eigenvalue weighted by Crippen LogP contribution is 2.24. The average Bonchev–Trinajstić information content (AvgIpc) is 2.64. The van der Waals surface area contributed by atoms with Crippen LogP contribution in [0.3, 0.4) is 0 Å². The van der Waals surface area contributed by atoms with Gasteiger partial charge in [0.15, 0.2) is 0 Å². The summed E-state index contributed by atoms with van der Waals surface area (Å²) < 4.78 is 5.57. The molecular formula is C14H21NO. The smallest absolute Gasteiger partial charge is 0.0590 e. The molecule has 2 nitrogen and oxygen atoms in total. The fraction of sp³-hybridized carbons (Fsp3) is 0.571. The minimum Gasteiger partial charge on any atom is -0.378 e. The van der Waals surface area contributed by atoms with Crippen LogP contribution in [0.2, 0.25) is 0 Å². The van der Waals surface area contributed by atoms with E-state index in [1.165, 1.54) is 11.1 Å². The van der Waals surface area contributed by atoms with Crippen LogP contribution in [0.25, 0.3) is 0 Å². The molecular weight excluding hydrogens is 198 g/mol. The Kier molecular flexibility index (Phi) is 3.62. The third kappa shape index (κ3) is 2.63. The molecule has 0 amide bonds. The second-order valence-corrected chi connectivity index (χ2v) is 4.89. The lowest BCUT2D eigenvalue weighted by Crippen LogP contribution is -2.36. The van der Waals surface area contributed by atoms with E-state index in [0.717, 1.165) is 19.4 Å². The first-order chi connectivity index (χ1) is 7.66. The molecule has 3 atom stereocenters. The van der Waals surface area contributed by atoms with Gasteiger partial charge in [-0.1, -0.05) is 29.8 Å². The van der Waals surface area contributed by atoms with Gasteiger partial charge in [-0.05, 0) is 32.3 Å². The number of benzene rings is 1.